The average molecular weight is 345 g/mol. The lowest BCUT2D eigenvalue weighted by Crippen LogP contribution is -2.53. The van der Waals surface area contributed by atoms with Crippen LogP contribution in [0.25, 0.3) is 0 Å². The summed E-state index contributed by atoms with van der Waals surface area (Å²) in [5.74, 6) is -0.642. The van der Waals surface area contributed by atoms with Crippen molar-refractivity contribution in [2.24, 2.45) is 0 Å². The topological polar surface area (TPSA) is 51.2 Å². The zero-order chi connectivity index (χ0) is 17.6. The predicted molar refractivity (Wildman–Crippen MR) is 95.9 cm³/mol. The van der Waals surface area contributed by atoms with Crippen LogP contribution in [0.15, 0.2) is 61.4 Å². The number of rotatable bonds is 7. The Bertz CT molecular complexity index is 688. The van der Waals surface area contributed by atoms with Crippen LogP contribution in [0.5, 0.6) is 0 Å². The molecule has 0 aliphatic heterocycles. The Hall–Kier alpha value is -2.17. The maximum atomic E-state index is 12.5. The number of hydrogen-bond acceptors (Lipinski definition) is 4. The minimum absolute atomic E-state index is 0.286. The Labute approximate surface area is 147 Å². The fourth-order valence-corrected chi connectivity index (χ4v) is 2.80. The van der Waals surface area contributed by atoms with Crippen molar-refractivity contribution in [1.29, 1.82) is 0 Å². The molecule has 0 spiro atoms. The van der Waals surface area contributed by atoms with Crippen molar-refractivity contribution in [2.75, 3.05) is 7.11 Å². The van der Waals surface area contributed by atoms with Crippen molar-refractivity contribution < 1.29 is 9.53 Å². The van der Waals surface area contributed by atoms with E-state index >= 15 is 0 Å². The highest BCUT2D eigenvalue weighted by Crippen LogP contribution is 2.30. The number of nitrogens with one attached hydrogen (secondary N) is 1. The highest BCUT2D eigenvalue weighted by atomic mass is 35.5. The Kier molecular flexibility index (Phi) is 6.12. The van der Waals surface area contributed by atoms with Gasteiger partial charge in [0.15, 0.2) is 0 Å². The van der Waals surface area contributed by atoms with Crippen LogP contribution in [0.4, 0.5) is 0 Å². The average Bonchev–Trinajstić information content (AvgIpc) is 2.62. The quantitative estimate of drug-likeness (QED) is 0.614. The summed E-state index contributed by atoms with van der Waals surface area (Å²) >= 11 is 5.91. The molecule has 2 rings (SSSR count). The smallest absolute Gasteiger partial charge is 0.326 e. The molecular formula is C19H21ClN2O2. The van der Waals surface area contributed by atoms with Gasteiger partial charge in [-0.15, -0.1) is 6.58 Å². The highest BCUT2D eigenvalue weighted by molar-refractivity contribution is 6.30. The van der Waals surface area contributed by atoms with E-state index in [1.54, 1.807) is 18.5 Å². The molecule has 0 unspecified atom stereocenters. The van der Waals surface area contributed by atoms with Gasteiger partial charge in [-0.3, -0.25) is 15.1 Å². The monoisotopic (exact) mass is 344 g/mol. The van der Waals surface area contributed by atoms with Crippen LogP contribution in [0, 0.1) is 0 Å². The normalized spacial score (nSPS) is 14.5. The number of pyridine rings is 1. The number of methoxy groups -OCH3 is 1. The minimum Gasteiger partial charge on any atom is -0.468 e. The van der Waals surface area contributed by atoms with Crippen LogP contribution in [-0.2, 0) is 16.1 Å². The number of carbonyl (C=O) groups excluding carboxylic acids is 1. The van der Waals surface area contributed by atoms with E-state index in [1.807, 2.05) is 43.3 Å². The first-order valence-electron chi connectivity index (χ1n) is 7.61. The number of halogens is 1. The number of aromatic nitrogens is 1. The van der Waals surface area contributed by atoms with E-state index in [0.717, 1.165) is 11.1 Å². The number of carbonyl (C=O) groups is 1. The van der Waals surface area contributed by atoms with E-state index in [1.165, 1.54) is 7.11 Å². The van der Waals surface area contributed by atoms with Gasteiger partial charge in [0, 0.05) is 29.9 Å². The van der Waals surface area contributed by atoms with E-state index in [4.69, 9.17) is 16.3 Å². The molecule has 4 nitrogen and oxygen atoms in total. The van der Waals surface area contributed by atoms with Crippen molar-refractivity contribution in [2.45, 2.75) is 24.9 Å². The standard InChI is InChI=1S/C19H21ClN2O2/c1-4-17(15-6-5-11-21-13-15)19(2,18(23)24-3)22-12-14-7-9-16(20)10-8-14/h4-11,13,17,22H,1,12H2,2-3H3/t17-,19+/m0/s1. The summed E-state index contributed by atoms with van der Waals surface area (Å²) in [7, 11) is 1.38. The Morgan fingerprint density at radius 3 is 2.67 bits per heavy atom. The van der Waals surface area contributed by atoms with Crippen LogP contribution in [0.2, 0.25) is 5.02 Å². The van der Waals surface area contributed by atoms with E-state index in [-0.39, 0.29) is 11.9 Å². The van der Waals surface area contributed by atoms with Crippen LogP contribution in [0.1, 0.15) is 24.0 Å². The van der Waals surface area contributed by atoms with E-state index in [9.17, 15) is 4.79 Å². The molecule has 0 amide bonds. The molecule has 5 heteroatoms. The summed E-state index contributed by atoms with van der Waals surface area (Å²) in [6, 6.07) is 11.2. The van der Waals surface area contributed by atoms with Crippen molar-refractivity contribution in [3.05, 3.63) is 77.6 Å². The second kappa shape index (κ2) is 8.08. The lowest BCUT2D eigenvalue weighted by molar-refractivity contribution is -0.148. The lowest BCUT2D eigenvalue weighted by Gasteiger charge is -2.34. The molecule has 2 atom stereocenters. The maximum absolute atomic E-state index is 12.5. The maximum Gasteiger partial charge on any atom is 0.326 e. The summed E-state index contributed by atoms with van der Waals surface area (Å²) in [4.78, 5) is 16.6. The molecule has 0 aliphatic carbocycles. The molecule has 0 saturated heterocycles. The molecule has 0 saturated carbocycles. The molecule has 1 N–H and O–H groups in total. The fraction of sp³-hybridized carbons (Fsp3) is 0.263. The van der Waals surface area contributed by atoms with E-state index in [0.29, 0.717) is 11.6 Å². The van der Waals surface area contributed by atoms with Gasteiger partial charge in [0.05, 0.1) is 7.11 Å². The zero-order valence-electron chi connectivity index (χ0n) is 13.8. The van der Waals surface area contributed by atoms with Gasteiger partial charge in [0.2, 0.25) is 0 Å². The Balaban J connectivity index is 2.29. The molecular weight excluding hydrogens is 324 g/mol. The van der Waals surface area contributed by atoms with Gasteiger partial charge in [0.25, 0.3) is 0 Å². The number of benzene rings is 1. The zero-order valence-corrected chi connectivity index (χ0v) is 14.6. The second-order valence-electron chi connectivity index (χ2n) is 5.67. The van der Waals surface area contributed by atoms with Crippen molar-refractivity contribution in [3.8, 4) is 0 Å². The number of ether oxygens (including phenoxy) is 1. The SMILES string of the molecule is C=C[C@@H](c1cccnc1)[C@@](C)(NCc1ccc(Cl)cc1)C(=O)OC. The predicted octanol–water partition coefficient (Wildman–Crippen LogP) is 3.73. The van der Waals surface area contributed by atoms with Crippen molar-refractivity contribution >= 4 is 17.6 Å². The molecule has 1 aromatic heterocycles. The largest absolute Gasteiger partial charge is 0.468 e. The van der Waals surface area contributed by atoms with Crippen molar-refractivity contribution in [1.82, 2.24) is 10.3 Å². The number of nitrogens with zero attached hydrogens (tertiary/aromatic N) is 1. The molecule has 1 aromatic carbocycles. The molecule has 0 bridgehead atoms. The molecule has 0 radical (unpaired) electrons. The van der Waals surface area contributed by atoms with E-state index < -0.39 is 5.54 Å². The first kappa shape index (κ1) is 18.2. The first-order chi connectivity index (χ1) is 11.5. The second-order valence-corrected chi connectivity index (χ2v) is 6.11. The first-order valence-corrected chi connectivity index (χ1v) is 7.99. The van der Waals surface area contributed by atoms with E-state index in [2.05, 4.69) is 16.9 Å². The summed E-state index contributed by atoms with van der Waals surface area (Å²) in [6.45, 7) is 6.20. The van der Waals surface area contributed by atoms with Crippen LogP contribution in [0.3, 0.4) is 0 Å². The third-order valence-corrected chi connectivity index (χ3v) is 4.34. The minimum atomic E-state index is -0.973. The van der Waals surface area contributed by atoms with Gasteiger partial charge in [0.1, 0.15) is 5.54 Å². The van der Waals surface area contributed by atoms with Crippen LogP contribution >= 0.6 is 11.6 Å². The number of esters is 1. The third kappa shape index (κ3) is 4.02. The van der Waals surface area contributed by atoms with Gasteiger partial charge in [-0.25, -0.2) is 0 Å². The molecule has 2 aromatic rings. The Morgan fingerprint density at radius 1 is 1.42 bits per heavy atom. The van der Waals surface area contributed by atoms with Gasteiger partial charge in [-0.05, 0) is 36.2 Å². The summed E-state index contributed by atoms with van der Waals surface area (Å²) in [5, 5.41) is 3.99. The van der Waals surface area contributed by atoms with Crippen LogP contribution < -0.4 is 5.32 Å². The summed E-state index contributed by atoms with van der Waals surface area (Å²) in [5.41, 5.74) is 0.937. The molecule has 1 heterocycles. The summed E-state index contributed by atoms with van der Waals surface area (Å²) < 4.78 is 5.04. The van der Waals surface area contributed by atoms with Crippen molar-refractivity contribution in [3.63, 3.8) is 0 Å². The molecule has 126 valence electrons. The fourth-order valence-electron chi connectivity index (χ4n) is 2.67. The Morgan fingerprint density at radius 2 is 2.12 bits per heavy atom. The number of hydrogen-bond donors (Lipinski definition) is 1. The van der Waals surface area contributed by atoms with Gasteiger partial charge < -0.3 is 4.74 Å². The van der Waals surface area contributed by atoms with Gasteiger partial charge in [-0.1, -0.05) is 35.9 Å². The molecule has 0 fully saturated rings. The lowest BCUT2D eigenvalue weighted by atomic mass is 9.80. The summed E-state index contributed by atoms with van der Waals surface area (Å²) in [6.07, 6.45) is 5.17. The third-order valence-electron chi connectivity index (χ3n) is 4.08. The molecule has 0 aliphatic rings. The van der Waals surface area contributed by atoms with Crippen LogP contribution in [-0.4, -0.2) is 23.6 Å². The van der Waals surface area contributed by atoms with Gasteiger partial charge in [-0.2, -0.15) is 0 Å². The highest BCUT2D eigenvalue weighted by Gasteiger charge is 2.41. The van der Waals surface area contributed by atoms with Gasteiger partial charge >= 0.3 is 5.97 Å². The molecule has 24 heavy (non-hydrogen) atoms.